The molecule has 0 aliphatic rings. The van der Waals surface area contributed by atoms with Crippen LogP contribution in [0.5, 0.6) is 0 Å². The van der Waals surface area contributed by atoms with Crippen molar-refractivity contribution in [1.82, 2.24) is 0 Å². The molecule has 0 saturated heterocycles. The van der Waals surface area contributed by atoms with Crippen LogP contribution in [0, 0.1) is 0 Å². The van der Waals surface area contributed by atoms with Crippen LogP contribution in [0.2, 0.25) is 5.02 Å². The summed E-state index contributed by atoms with van der Waals surface area (Å²) in [6, 6.07) is 27.1. The van der Waals surface area contributed by atoms with Crippen LogP contribution in [0.4, 0.5) is 5.69 Å². The molecule has 33 heavy (non-hydrogen) atoms. The van der Waals surface area contributed by atoms with Crippen molar-refractivity contribution in [3.63, 3.8) is 0 Å². The van der Waals surface area contributed by atoms with Crippen LogP contribution < -0.4 is 5.32 Å². The van der Waals surface area contributed by atoms with E-state index in [0.29, 0.717) is 43.0 Å². The van der Waals surface area contributed by atoms with Crippen molar-refractivity contribution in [2.24, 2.45) is 0 Å². The lowest BCUT2D eigenvalue weighted by Gasteiger charge is -2.12. The third kappa shape index (κ3) is 5.11. The summed E-state index contributed by atoms with van der Waals surface area (Å²) in [5.41, 5.74) is 2.43. The lowest BCUT2D eigenvalue weighted by atomic mass is 10.0. The molecule has 4 rings (SSSR count). The van der Waals surface area contributed by atoms with Gasteiger partial charge in [-0.3, -0.25) is 14.4 Å². The lowest BCUT2D eigenvalue weighted by molar-refractivity contribution is 0.101. The summed E-state index contributed by atoms with van der Waals surface area (Å²) in [6.07, 6.45) is 0. The second kappa shape index (κ2) is 9.94. The highest BCUT2D eigenvalue weighted by Gasteiger charge is 2.19. The Hall–Kier alpha value is -3.54. The minimum absolute atomic E-state index is 0.122. The van der Waals surface area contributed by atoms with Crippen LogP contribution in [-0.4, -0.2) is 17.5 Å². The summed E-state index contributed by atoms with van der Waals surface area (Å²) in [4.78, 5) is 38.6. The molecule has 0 bridgehead atoms. The third-order valence-electron chi connectivity index (χ3n) is 5.04. The standard InChI is InChI=1S/C27H17BrClNO3/c28-20-14-15-24(22(16-20)26(32)21-8-4-5-9-23(21)29)30-27(33)19-12-10-18(11-13-19)25(31)17-6-2-1-3-7-17/h1-16H,(H,30,33). The number of anilines is 1. The Bertz CT molecular complexity index is 1350. The Labute approximate surface area is 204 Å². The fraction of sp³-hybridized carbons (Fsp3) is 0. The number of ketones is 2. The molecule has 4 aromatic rings. The van der Waals surface area contributed by atoms with Gasteiger partial charge in [0.15, 0.2) is 11.6 Å². The molecule has 0 aromatic heterocycles. The number of nitrogens with one attached hydrogen (secondary N) is 1. The van der Waals surface area contributed by atoms with E-state index in [2.05, 4.69) is 21.2 Å². The molecule has 162 valence electrons. The Morgan fingerprint density at radius 3 is 1.94 bits per heavy atom. The molecule has 6 heteroatoms. The molecule has 0 unspecified atom stereocenters. The van der Waals surface area contributed by atoms with E-state index in [-0.39, 0.29) is 11.6 Å². The Morgan fingerprint density at radius 1 is 0.636 bits per heavy atom. The van der Waals surface area contributed by atoms with Gasteiger partial charge in [-0.05, 0) is 42.5 Å². The first kappa shape index (κ1) is 22.6. The van der Waals surface area contributed by atoms with Crippen molar-refractivity contribution in [2.45, 2.75) is 0 Å². The van der Waals surface area contributed by atoms with Crippen molar-refractivity contribution >= 4 is 50.7 Å². The van der Waals surface area contributed by atoms with Gasteiger partial charge >= 0.3 is 0 Å². The first-order valence-corrected chi connectivity index (χ1v) is 11.2. The average Bonchev–Trinajstić information content (AvgIpc) is 2.85. The van der Waals surface area contributed by atoms with Crippen LogP contribution in [0.1, 0.15) is 42.2 Å². The van der Waals surface area contributed by atoms with Crippen LogP contribution in [0.25, 0.3) is 0 Å². The zero-order valence-electron chi connectivity index (χ0n) is 17.2. The zero-order valence-corrected chi connectivity index (χ0v) is 19.6. The van der Waals surface area contributed by atoms with E-state index in [9.17, 15) is 14.4 Å². The Kier molecular flexibility index (Phi) is 6.82. The molecule has 0 saturated carbocycles. The van der Waals surface area contributed by atoms with Crippen molar-refractivity contribution in [1.29, 1.82) is 0 Å². The molecule has 0 atom stereocenters. The van der Waals surface area contributed by atoms with Gasteiger partial charge in [0.2, 0.25) is 0 Å². The molecule has 1 N–H and O–H groups in total. The minimum Gasteiger partial charge on any atom is -0.321 e. The maximum absolute atomic E-state index is 13.1. The fourth-order valence-electron chi connectivity index (χ4n) is 3.33. The topological polar surface area (TPSA) is 63.2 Å². The van der Waals surface area contributed by atoms with E-state index in [4.69, 9.17) is 11.6 Å². The van der Waals surface area contributed by atoms with Crippen molar-refractivity contribution in [2.75, 3.05) is 5.32 Å². The number of rotatable bonds is 6. The molecule has 0 radical (unpaired) electrons. The second-order valence-corrected chi connectivity index (χ2v) is 8.55. The van der Waals surface area contributed by atoms with Crippen LogP contribution in [-0.2, 0) is 0 Å². The summed E-state index contributed by atoms with van der Waals surface area (Å²) in [6.45, 7) is 0. The van der Waals surface area contributed by atoms with Gasteiger partial charge in [-0.2, -0.15) is 0 Å². The predicted octanol–water partition coefficient (Wildman–Crippen LogP) is 6.82. The SMILES string of the molecule is O=C(Nc1ccc(Br)cc1C(=O)c1ccccc1Cl)c1ccc(C(=O)c2ccccc2)cc1. The largest absolute Gasteiger partial charge is 0.321 e. The summed E-state index contributed by atoms with van der Waals surface area (Å²) < 4.78 is 0.694. The zero-order chi connectivity index (χ0) is 23.4. The number of benzene rings is 4. The van der Waals surface area contributed by atoms with Gasteiger partial charge in [-0.1, -0.05) is 82.1 Å². The Morgan fingerprint density at radius 2 is 1.24 bits per heavy atom. The first-order chi connectivity index (χ1) is 15.9. The van der Waals surface area contributed by atoms with E-state index in [1.54, 1.807) is 91.0 Å². The smallest absolute Gasteiger partial charge is 0.255 e. The van der Waals surface area contributed by atoms with Gasteiger partial charge in [0, 0.05) is 32.3 Å². The van der Waals surface area contributed by atoms with E-state index < -0.39 is 5.91 Å². The highest BCUT2D eigenvalue weighted by Crippen LogP contribution is 2.27. The first-order valence-electron chi connectivity index (χ1n) is 10.0. The van der Waals surface area contributed by atoms with Gasteiger partial charge in [0.05, 0.1) is 10.7 Å². The van der Waals surface area contributed by atoms with Crippen molar-refractivity contribution < 1.29 is 14.4 Å². The van der Waals surface area contributed by atoms with Crippen LogP contribution in [0.3, 0.4) is 0 Å². The Balaban J connectivity index is 1.57. The van der Waals surface area contributed by atoms with Crippen molar-refractivity contribution in [3.8, 4) is 0 Å². The fourth-order valence-corrected chi connectivity index (χ4v) is 3.91. The highest BCUT2D eigenvalue weighted by atomic mass is 79.9. The maximum Gasteiger partial charge on any atom is 0.255 e. The van der Waals surface area contributed by atoms with E-state index in [1.807, 2.05) is 6.07 Å². The van der Waals surface area contributed by atoms with E-state index >= 15 is 0 Å². The van der Waals surface area contributed by atoms with Crippen LogP contribution >= 0.6 is 27.5 Å². The number of carbonyl (C=O) groups excluding carboxylic acids is 3. The summed E-state index contributed by atoms with van der Waals surface area (Å²) in [5.74, 6) is -0.826. The highest BCUT2D eigenvalue weighted by molar-refractivity contribution is 9.10. The number of hydrogen-bond donors (Lipinski definition) is 1. The number of halogens is 2. The van der Waals surface area contributed by atoms with Gasteiger partial charge in [-0.25, -0.2) is 0 Å². The summed E-state index contributed by atoms with van der Waals surface area (Å²) in [7, 11) is 0. The summed E-state index contributed by atoms with van der Waals surface area (Å²) >= 11 is 9.58. The average molecular weight is 519 g/mol. The van der Waals surface area contributed by atoms with Gasteiger partial charge < -0.3 is 5.32 Å². The summed E-state index contributed by atoms with van der Waals surface area (Å²) in [5, 5.41) is 3.13. The molecule has 0 spiro atoms. The molecule has 4 aromatic carbocycles. The molecule has 0 fully saturated rings. The number of hydrogen-bond acceptors (Lipinski definition) is 3. The lowest BCUT2D eigenvalue weighted by Crippen LogP contribution is -2.15. The molecule has 1 amide bonds. The molecular weight excluding hydrogens is 502 g/mol. The molecule has 0 aliphatic heterocycles. The molecule has 0 heterocycles. The van der Waals surface area contributed by atoms with Gasteiger partial charge in [0.25, 0.3) is 5.91 Å². The normalized spacial score (nSPS) is 10.5. The van der Waals surface area contributed by atoms with E-state index in [1.165, 1.54) is 0 Å². The third-order valence-corrected chi connectivity index (χ3v) is 5.86. The van der Waals surface area contributed by atoms with Crippen LogP contribution in [0.15, 0.2) is 102 Å². The van der Waals surface area contributed by atoms with E-state index in [0.717, 1.165) is 0 Å². The second-order valence-electron chi connectivity index (χ2n) is 7.23. The monoisotopic (exact) mass is 517 g/mol. The predicted molar refractivity (Wildman–Crippen MR) is 133 cm³/mol. The quantitative estimate of drug-likeness (QED) is 0.285. The van der Waals surface area contributed by atoms with Gasteiger partial charge in [0.1, 0.15) is 0 Å². The molecular formula is C27H17BrClNO3. The minimum atomic E-state index is -0.399. The maximum atomic E-state index is 13.1. The number of carbonyl (C=O) groups is 3. The number of amides is 1. The van der Waals surface area contributed by atoms with Gasteiger partial charge in [-0.15, -0.1) is 0 Å². The van der Waals surface area contributed by atoms with Crippen molar-refractivity contribution in [3.05, 3.63) is 134 Å². The molecule has 0 aliphatic carbocycles. The molecule has 4 nitrogen and oxygen atoms in total.